The van der Waals surface area contributed by atoms with Crippen molar-refractivity contribution in [3.05, 3.63) is 18.2 Å². The Morgan fingerprint density at radius 1 is 1.59 bits per heavy atom. The number of hydrogen-bond acceptors (Lipinski definition) is 4. The van der Waals surface area contributed by atoms with E-state index in [-0.39, 0.29) is 6.42 Å². The van der Waals surface area contributed by atoms with E-state index in [2.05, 4.69) is 4.90 Å². The van der Waals surface area contributed by atoms with E-state index < -0.39 is 5.97 Å². The van der Waals surface area contributed by atoms with Crippen molar-refractivity contribution in [1.82, 2.24) is 0 Å². The number of benzene rings is 1. The van der Waals surface area contributed by atoms with Crippen LogP contribution in [0.15, 0.2) is 23.1 Å². The first-order valence-electron chi connectivity index (χ1n) is 5.48. The van der Waals surface area contributed by atoms with Crippen molar-refractivity contribution in [1.29, 1.82) is 0 Å². The summed E-state index contributed by atoms with van der Waals surface area (Å²) in [6, 6.07) is 5.92. The zero-order valence-electron chi connectivity index (χ0n) is 9.68. The van der Waals surface area contributed by atoms with Gasteiger partial charge < -0.3 is 14.7 Å². The molecule has 0 radical (unpaired) electrons. The number of ether oxygens (including phenoxy) is 1. The average molecular weight is 253 g/mol. The average Bonchev–Trinajstić information content (AvgIpc) is 2.35. The first kappa shape index (κ1) is 12.1. The normalized spacial score (nSPS) is 14.3. The molecule has 17 heavy (non-hydrogen) atoms. The minimum Gasteiger partial charge on any atom is -0.497 e. The van der Waals surface area contributed by atoms with Crippen LogP contribution in [0.25, 0.3) is 0 Å². The van der Waals surface area contributed by atoms with Crippen LogP contribution in [0.5, 0.6) is 5.75 Å². The number of hydrogen-bond donors (Lipinski definition) is 1. The number of carboxylic acids is 1. The Morgan fingerprint density at radius 2 is 2.41 bits per heavy atom. The summed E-state index contributed by atoms with van der Waals surface area (Å²) in [6.45, 7) is 1.46. The Labute approximate surface area is 105 Å². The zero-order chi connectivity index (χ0) is 12.3. The van der Waals surface area contributed by atoms with Crippen molar-refractivity contribution in [2.45, 2.75) is 11.3 Å². The number of fused-ring (bicyclic) bond motifs is 1. The molecule has 1 aliphatic rings. The summed E-state index contributed by atoms with van der Waals surface area (Å²) in [7, 11) is 1.65. The molecule has 1 aliphatic heterocycles. The lowest BCUT2D eigenvalue weighted by atomic mass is 10.2. The number of rotatable bonds is 4. The molecule has 0 fully saturated rings. The van der Waals surface area contributed by atoms with Gasteiger partial charge in [0.25, 0.3) is 0 Å². The monoisotopic (exact) mass is 253 g/mol. The molecule has 4 nitrogen and oxygen atoms in total. The van der Waals surface area contributed by atoms with Gasteiger partial charge >= 0.3 is 5.97 Å². The van der Waals surface area contributed by atoms with Gasteiger partial charge in [0, 0.05) is 23.7 Å². The van der Waals surface area contributed by atoms with Crippen LogP contribution in [0, 0.1) is 0 Å². The molecular weight excluding hydrogens is 238 g/mol. The highest BCUT2D eigenvalue weighted by atomic mass is 32.2. The number of methoxy groups -OCH3 is 1. The molecule has 92 valence electrons. The Kier molecular flexibility index (Phi) is 3.78. The maximum atomic E-state index is 10.6. The fourth-order valence-corrected chi connectivity index (χ4v) is 2.92. The topological polar surface area (TPSA) is 49.8 Å². The molecule has 2 rings (SSSR count). The van der Waals surface area contributed by atoms with Gasteiger partial charge in [-0.25, -0.2) is 0 Å². The van der Waals surface area contributed by atoms with Gasteiger partial charge in [-0.1, -0.05) is 0 Å². The molecule has 0 spiro atoms. The largest absolute Gasteiger partial charge is 0.497 e. The third-order valence-corrected chi connectivity index (χ3v) is 3.75. The van der Waals surface area contributed by atoms with Crippen LogP contribution in [-0.2, 0) is 4.79 Å². The SMILES string of the molecule is COc1ccc2c(c1)SCCN2CCC(=O)O. The first-order valence-corrected chi connectivity index (χ1v) is 6.47. The summed E-state index contributed by atoms with van der Waals surface area (Å²) >= 11 is 1.79. The molecule has 0 unspecified atom stereocenters. The second-order valence-electron chi connectivity index (χ2n) is 3.81. The smallest absolute Gasteiger partial charge is 0.305 e. The number of carboxylic acid groups (broad SMARTS) is 1. The third-order valence-electron chi connectivity index (χ3n) is 2.72. The van der Waals surface area contributed by atoms with Crippen LogP contribution in [0.2, 0.25) is 0 Å². The van der Waals surface area contributed by atoms with Gasteiger partial charge in [-0.15, -0.1) is 11.8 Å². The van der Waals surface area contributed by atoms with Crippen LogP contribution in [0.3, 0.4) is 0 Å². The summed E-state index contributed by atoms with van der Waals surface area (Å²) in [4.78, 5) is 13.9. The van der Waals surface area contributed by atoms with Crippen molar-refractivity contribution in [2.75, 3.05) is 30.9 Å². The van der Waals surface area contributed by atoms with E-state index in [9.17, 15) is 4.79 Å². The molecular formula is C12H15NO3S. The Hall–Kier alpha value is -1.36. The van der Waals surface area contributed by atoms with Crippen LogP contribution in [-0.4, -0.2) is 37.0 Å². The molecule has 1 heterocycles. The maximum absolute atomic E-state index is 10.6. The predicted molar refractivity (Wildman–Crippen MR) is 68.2 cm³/mol. The molecule has 0 aromatic heterocycles. The predicted octanol–water partition coefficient (Wildman–Crippen LogP) is 2.08. The minimum atomic E-state index is -0.752. The van der Waals surface area contributed by atoms with Gasteiger partial charge in [-0.05, 0) is 18.2 Å². The molecule has 0 bridgehead atoms. The molecule has 1 aromatic rings. The molecule has 1 aromatic carbocycles. The summed E-state index contributed by atoms with van der Waals surface area (Å²) in [5, 5.41) is 8.72. The summed E-state index contributed by atoms with van der Waals surface area (Å²) in [5.74, 6) is 1.08. The number of thioether (sulfide) groups is 1. The molecule has 0 atom stereocenters. The highest BCUT2D eigenvalue weighted by Crippen LogP contribution is 2.37. The highest BCUT2D eigenvalue weighted by Gasteiger charge is 2.18. The van der Waals surface area contributed by atoms with Gasteiger partial charge in [0.05, 0.1) is 19.2 Å². The van der Waals surface area contributed by atoms with Crippen molar-refractivity contribution in [2.24, 2.45) is 0 Å². The van der Waals surface area contributed by atoms with Gasteiger partial charge in [-0.2, -0.15) is 0 Å². The third kappa shape index (κ3) is 2.85. The van der Waals surface area contributed by atoms with E-state index in [4.69, 9.17) is 9.84 Å². The van der Waals surface area contributed by atoms with E-state index >= 15 is 0 Å². The Morgan fingerprint density at radius 3 is 3.12 bits per heavy atom. The molecule has 0 amide bonds. The number of aliphatic carboxylic acids is 1. The lowest BCUT2D eigenvalue weighted by Crippen LogP contribution is -2.31. The van der Waals surface area contributed by atoms with E-state index in [0.29, 0.717) is 6.54 Å². The lowest BCUT2D eigenvalue weighted by molar-refractivity contribution is -0.136. The quantitative estimate of drug-likeness (QED) is 0.890. The van der Waals surface area contributed by atoms with E-state index in [1.54, 1.807) is 18.9 Å². The fraction of sp³-hybridized carbons (Fsp3) is 0.417. The second kappa shape index (κ2) is 5.31. The standard InChI is InChI=1S/C12H15NO3S/c1-16-9-2-3-10-11(8-9)17-7-6-13(10)5-4-12(14)15/h2-3,8H,4-7H2,1H3,(H,14,15). The maximum Gasteiger partial charge on any atom is 0.305 e. The van der Waals surface area contributed by atoms with Crippen LogP contribution in [0.1, 0.15) is 6.42 Å². The fourth-order valence-electron chi connectivity index (χ4n) is 1.85. The number of carbonyl (C=O) groups is 1. The molecule has 5 heteroatoms. The van der Waals surface area contributed by atoms with Crippen LogP contribution >= 0.6 is 11.8 Å². The minimum absolute atomic E-state index is 0.177. The Balaban J connectivity index is 2.16. The van der Waals surface area contributed by atoms with Crippen molar-refractivity contribution in [3.8, 4) is 5.75 Å². The van der Waals surface area contributed by atoms with E-state index in [1.807, 2.05) is 18.2 Å². The summed E-state index contributed by atoms with van der Waals surface area (Å²) in [5.41, 5.74) is 1.11. The van der Waals surface area contributed by atoms with Crippen LogP contribution in [0.4, 0.5) is 5.69 Å². The van der Waals surface area contributed by atoms with Gasteiger partial charge in [0.1, 0.15) is 5.75 Å². The summed E-state index contributed by atoms with van der Waals surface area (Å²) in [6.07, 6.45) is 0.177. The van der Waals surface area contributed by atoms with Gasteiger partial charge in [0.2, 0.25) is 0 Å². The van der Waals surface area contributed by atoms with Gasteiger partial charge in [0.15, 0.2) is 0 Å². The van der Waals surface area contributed by atoms with E-state index in [0.717, 1.165) is 23.7 Å². The lowest BCUT2D eigenvalue weighted by Gasteiger charge is -2.30. The molecule has 1 N–H and O–H groups in total. The number of nitrogens with zero attached hydrogens (tertiary/aromatic N) is 1. The molecule has 0 aliphatic carbocycles. The molecule has 0 saturated carbocycles. The highest BCUT2D eigenvalue weighted by molar-refractivity contribution is 7.99. The number of anilines is 1. The summed E-state index contributed by atoms with van der Waals surface area (Å²) < 4.78 is 5.19. The Bertz CT molecular complexity index is 422. The van der Waals surface area contributed by atoms with Crippen LogP contribution < -0.4 is 9.64 Å². The zero-order valence-corrected chi connectivity index (χ0v) is 10.5. The second-order valence-corrected chi connectivity index (χ2v) is 4.95. The van der Waals surface area contributed by atoms with Crippen molar-refractivity contribution >= 4 is 23.4 Å². The van der Waals surface area contributed by atoms with Gasteiger partial charge in [-0.3, -0.25) is 4.79 Å². The van der Waals surface area contributed by atoms with E-state index in [1.165, 1.54) is 4.90 Å². The molecule has 0 saturated heterocycles. The first-order chi connectivity index (χ1) is 8.20. The van der Waals surface area contributed by atoms with Crippen molar-refractivity contribution in [3.63, 3.8) is 0 Å². The van der Waals surface area contributed by atoms with Crippen molar-refractivity contribution < 1.29 is 14.6 Å².